The highest BCUT2D eigenvalue weighted by molar-refractivity contribution is 7.99. The minimum Gasteiger partial charge on any atom is -0.307 e. The summed E-state index contributed by atoms with van der Waals surface area (Å²) >= 11 is 1.61. The maximum absolute atomic E-state index is 11.3. The molecule has 1 aliphatic rings. The zero-order chi connectivity index (χ0) is 8.10. The van der Waals surface area contributed by atoms with E-state index >= 15 is 0 Å². The molecule has 0 spiro atoms. The van der Waals surface area contributed by atoms with Gasteiger partial charge < -0.3 is 5.32 Å². The molecule has 0 radical (unpaired) electrons. The molecule has 0 saturated carbocycles. The number of Topliss-reactive ketones (excluding diaryl/α,β-unsaturated/α-hetero) is 1. The van der Waals surface area contributed by atoms with Gasteiger partial charge in [-0.25, -0.2) is 0 Å². The molecule has 3 heteroatoms. The SMILES string of the molecule is CSCC(=O)C1CCCCN1. The van der Waals surface area contributed by atoms with Gasteiger partial charge in [-0.2, -0.15) is 11.8 Å². The first kappa shape index (κ1) is 9.07. The molecule has 1 aliphatic heterocycles. The molecular formula is C8H15NOS. The maximum Gasteiger partial charge on any atom is 0.159 e. The van der Waals surface area contributed by atoms with E-state index in [0.29, 0.717) is 11.5 Å². The van der Waals surface area contributed by atoms with Crippen LogP contribution in [0.1, 0.15) is 19.3 Å². The summed E-state index contributed by atoms with van der Waals surface area (Å²) in [6, 6.07) is 0.163. The second kappa shape index (κ2) is 4.78. The average molecular weight is 173 g/mol. The number of hydrogen-bond donors (Lipinski definition) is 1. The number of thioether (sulfide) groups is 1. The lowest BCUT2D eigenvalue weighted by Crippen LogP contribution is -2.41. The molecule has 2 nitrogen and oxygen atoms in total. The van der Waals surface area contributed by atoms with Crippen LogP contribution in [0.5, 0.6) is 0 Å². The number of nitrogens with one attached hydrogen (secondary N) is 1. The van der Waals surface area contributed by atoms with E-state index < -0.39 is 0 Å². The van der Waals surface area contributed by atoms with Crippen LogP contribution >= 0.6 is 11.8 Å². The van der Waals surface area contributed by atoms with Gasteiger partial charge in [0.15, 0.2) is 5.78 Å². The lowest BCUT2D eigenvalue weighted by molar-refractivity contribution is -0.119. The van der Waals surface area contributed by atoms with Gasteiger partial charge in [-0.15, -0.1) is 0 Å². The first-order valence-electron chi connectivity index (χ1n) is 4.09. The second-order valence-electron chi connectivity index (χ2n) is 2.90. The van der Waals surface area contributed by atoms with E-state index in [1.54, 1.807) is 11.8 Å². The van der Waals surface area contributed by atoms with E-state index in [4.69, 9.17) is 0 Å². The predicted molar refractivity (Wildman–Crippen MR) is 49.0 cm³/mol. The number of ketones is 1. The van der Waals surface area contributed by atoms with E-state index in [1.165, 1.54) is 12.8 Å². The van der Waals surface area contributed by atoms with Crippen molar-refractivity contribution in [2.24, 2.45) is 0 Å². The third kappa shape index (κ3) is 2.83. The Kier molecular flexibility index (Phi) is 3.94. The molecular weight excluding hydrogens is 158 g/mol. The van der Waals surface area contributed by atoms with Gasteiger partial charge in [0.25, 0.3) is 0 Å². The molecule has 11 heavy (non-hydrogen) atoms. The summed E-state index contributed by atoms with van der Waals surface area (Å²) in [7, 11) is 0. The van der Waals surface area contributed by atoms with Crippen molar-refractivity contribution >= 4 is 17.5 Å². The molecule has 0 aromatic carbocycles. The molecule has 0 amide bonds. The number of hydrogen-bond acceptors (Lipinski definition) is 3. The van der Waals surface area contributed by atoms with Gasteiger partial charge >= 0.3 is 0 Å². The summed E-state index contributed by atoms with van der Waals surface area (Å²) in [5.41, 5.74) is 0. The van der Waals surface area contributed by atoms with Crippen LogP contribution in [-0.4, -0.2) is 30.4 Å². The van der Waals surface area contributed by atoms with Gasteiger partial charge in [0.2, 0.25) is 0 Å². The Morgan fingerprint density at radius 1 is 1.64 bits per heavy atom. The molecule has 0 aromatic rings. The monoisotopic (exact) mass is 173 g/mol. The highest BCUT2D eigenvalue weighted by atomic mass is 32.2. The molecule has 1 atom stereocenters. The lowest BCUT2D eigenvalue weighted by atomic mass is 10.0. The topological polar surface area (TPSA) is 29.1 Å². The van der Waals surface area contributed by atoms with Crippen LogP contribution in [0.3, 0.4) is 0 Å². The highest BCUT2D eigenvalue weighted by Crippen LogP contribution is 2.09. The van der Waals surface area contributed by atoms with E-state index in [2.05, 4.69) is 5.32 Å². The molecule has 1 fully saturated rings. The molecule has 0 aromatic heterocycles. The molecule has 0 bridgehead atoms. The van der Waals surface area contributed by atoms with Crippen LogP contribution in [0.2, 0.25) is 0 Å². The van der Waals surface area contributed by atoms with Crippen molar-refractivity contribution in [1.29, 1.82) is 0 Å². The summed E-state index contributed by atoms with van der Waals surface area (Å²) < 4.78 is 0. The van der Waals surface area contributed by atoms with Gasteiger partial charge in [0, 0.05) is 0 Å². The van der Waals surface area contributed by atoms with Crippen LogP contribution in [-0.2, 0) is 4.79 Å². The molecule has 1 rings (SSSR count). The summed E-state index contributed by atoms with van der Waals surface area (Å²) in [5.74, 6) is 1.04. The summed E-state index contributed by atoms with van der Waals surface area (Å²) in [6.45, 7) is 1.02. The normalized spacial score (nSPS) is 25.0. The molecule has 1 saturated heterocycles. The van der Waals surface area contributed by atoms with Crippen LogP contribution < -0.4 is 5.32 Å². The van der Waals surface area contributed by atoms with Gasteiger partial charge in [-0.05, 0) is 25.6 Å². The van der Waals surface area contributed by atoms with Crippen molar-refractivity contribution in [3.63, 3.8) is 0 Å². The van der Waals surface area contributed by atoms with Crippen molar-refractivity contribution in [3.05, 3.63) is 0 Å². The van der Waals surface area contributed by atoms with Crippen LogP contribution in [0, 0.1) is 0 Å². The minimum atomic E-state index is 0.163. The molecule has 1 unspecified atom stereocenters. The number of rotatable bonds is 3. The first-order valence-corrected chi connectivity index (χ1v) is 5.49. The Morgan fingerprint density at radius 3 is 3.00 bits per heavy atom. The van der Waals surface area contributed by atoms with Crippen LogP contribution in [0.15, 0.2) is 0 Å². The summed E-state index contributed by atoms with van der Waals surface area (Å²) in [4.78, 5) is 11.3. The fourth-order valence-corrected chi connectivity index (χ4v) is 1.86. The van der Waals surface area contributed by atoms with E-state index in [0.717, 1.165) is 13.0 Å². The van der Waals surface area contributed by atoms with E-state index in [9.17, 15) is 4.79 Å². The molecule has 1 N–H and O–H groups in total. The van der Waals surface area contributed by atoms with Gasteiger partial charge in [0.05, 0.1) is 11.8 Å². The Balaban J connectivity index is 2.27. The lowest BCUT2D eigenvalue weighted by Gasteiger charge is -2.21. The van der Waals surface area contributed by atoms with Crippen LogP contribution in [0.25, 0.3) is 0 Å². The molecule has 1 heterocycles. The van der Waals surface area contributed by atoms with Gasteiger partial charge in [0.1, 0.15) is 0 Å². The van der Waals surface area contributed by atoms with E-state index in [1.807, 2.05) is 6.26 Å². The van der Waals surface area contributed by atoms with Gasteiger partial charge in [-0.3, -0.25) is 4.79 Å². The van der Waals surface area contributed by atoms with Crippen LogP contribution in [0.4, 0.5) is 0 Å². The highest BCUT2D eigenvalue weighted by Gasteiger charge is 2.18. The smallest absolute Gasteiger partial charge is 0.159 e. The fourth-order valence-electron chi connectivity index (χ4n) is 1.37. The third-order valence-corrected chi connectivity index (χ3v) is 2.56. The first-order chi connectivity index (χ1) is 5.34. The molecule has 64 valence electrons. The summed E-state index contributed by atoms with van der Waals surface area (Å²) in [6.07, 6.45) is 5.45. The average Bonchev–Trinajstić information content (AvgIpc) is 2.07. The van der Waals surface area contributed by atoms with Gasteiger partial charge in [-0.1, -0.05) is 6.42 Å². The van der Waals surface area contributed by atoms with Crippen molar-refractivity contribution in [2.75, 3.05) is 18.6 Å². The number of carbonyl (C=O) groups excluding carboxylic acids is 1. The quantitative estimate of drug-likeness (QED) is 0.692. The van der Waals surface area contributed by atoms with Crippen molar-refractivity contribution < 1.29 is 4.79 Å². The Bertz CT molecular complexity index is 132. The van der Waals surface area contributed by atoms with E-state index in [-0.39, 0.29) is 6.04 Å². The van der Waals surface area contributed by atoms with Crippen molar-refractivity contribution in [2.45, 2.75) is 25.3 Å². The summed E-state index contributed by atoms with van der Waals surface area (Å²) in [5, 5.41) is 3.24. The standard InChI is InChI=1S/C8H15NOS/c1-11-6-8(10)7-4-2-3-5-9-7/h7,9H,2-6H2,1H3. The Labute approximate surface area is 72.1 Å². The zero-order valence-electron chi connectivity index (χ0n) is 6.93. The largest absolute Gasteiger partial charge is 0.307 e. The van der Waals surface area contributed by atoms with Crippen molar-refractivity contribution in [3.8, 4) is 0 Å². The fraction of sp³-hybridized carbons (Fsp3) is 0.875. The number of piperidine rings is 1. The zero-order valence-corrected chi connectivity index (χ0v) is 7.75. The third-order valence-electron chi connectivity index (χ3n) is 1.99. The number of carbonyl (C=O) groups is 1. The Hall–Kier alpha value is -0.0200. The molecule has 0 aliphatic carbocycles. The predicted octanol–water partition coefficient (Wildman–Crippen LogP) is 1.06. The second-order valence-corrected chi connectivity index (χ2v) is 3.77. The Morgan fingerprint density at radius 2 is 2.45 bits per heavy atom. The van der Waals surface area contributed by atoms with Crippen molar-refractivity contribution in [1.82, 2.24) is 5.32 Å². The maximum atomic E-state index is 11.3. The minimum absolute atomic E-state index is 0.163.